The van der Waals surface area contributed by atoms with Crippen molar-refractivity contribution in [1.29, 1.82) is 0 Å². The van der Waals surface area contributed by atoms with Crippen molar-refractivity contribution in [2.24, 2.45) is 0 Å². The third-order valence-corrected chi connectivity index (χ3v) is 4.58. The van der Waals surface area contributed by atoms with Crippen molar-refractivity contribution < 1.29 is 19.0 Å². The van der Waals surface area contributed by atoms with Crippen LogP contribution >= 0.6 is 15.9 Å². The average Bonchev–Trinajstić information content (AvgIpc) is 2.95. The highest BCUT2D eigenvalue weighted by Gasteiger charge is 2.21. The van der Waals surface area contributed by atoms with Crippen molar-refractivity contribution >= 4 is 27.5 Å². The Balaban J connectivity index is 1.57. The van der Waals surface area contributed by atoms with Gasteiger partial charge < -0.3 is 14.2 Å². The van der Waals surface area contributed by atoms with Gasteiger partial charge in [0.25, 0.3) is 0 Å². The molecule has 0 bridgehead atoms. The van der Waals surface area contributed by atoms with E-state index >= 15 is 0 Å². The molecular weight excluding hydrogens is 390 g/mol. The first kappa shape index (κ1) is 15.9. The van der Waals surface area contributed by atoms with Gasteiger partial charge in [0.1, 0.15) is 25.4 Å². The van der Waals surface area contributed by atoms with E-state index in [2.05, 4.69) is 26.0 Å². The van der Waals surface area contributed by atoms with E-state index in [0.717, 1.165) is 10.0 Å². The normalized spacial score (nSPS) is 13.0. The number of carbonyl (C=O) groups excluding carboxylic acids is 1. The number of aromatic nitrogens is 3. The van der Waals surface area contributed by atoms with Gasteiger partial charge in [0.2, 0.25) is 0 Å². The number of hydrogen-bond acceptors (Lipinski definition) is 6. The molecule has 0 saturated heterocycles. The first-order chi connectivity index (χ1) is 12.1. The molecule has 7 nitrogen and oxygen atoms in total. The van der Waals surface area contributed by atoms with Crippen LogP contribution in [0.1, 0.15) is 21.6 Å². The summed E-state index contributed by atoms with van der Waals surface area (Å²) >= 11 is 3.47. The van der Waals surface area contributed by atoms with E-state index in [1.165, 1.54) is 0 Å². The standard InChI is InChI=1S/C17H14BrN3O4/c1-10-15(16-19-3-2-4-21(16)20-10)17(22)25-9-11-7-13-14(8-12(11)18)24-6-5-23-13/h2-4,7-8H,5-6,9H2,1H3. The van der Waals surface area contributed by atoms with Gasteiger partial charge in [-0.1, -0.05) is 15.9 Å². The zero-order valence-corrected chi connectivity index (χ0v) is 14.9. The third-order valence-electron chi connectivity index (χ3n) is 3.84. The van der Waals surface area contributed by atoms with Crippen LogP contribution in [0.2, 0.25) is 0 Å². The summed E-state index contributed by atoms with van der Waals surface area (Å²) < 4.78 is 18.9. The Hall–Kier alpha value is -2.61. The van der Waals surface area contributed by atoms with E-state index in [1.54, 1.807) is 29.9 Å². The number of carbonyl (C=O) groups is 1. The van der Waals surface area contributed by atoms with Gasteiger partial charge >= 0.3 is 5.97 Å². The molecule has 1 aromatic carbocycles. The molecule has 4 rings (SSSR count). The number of aryl methyl sites for hydroxylation is 1. The topological polar surface area (TPSA) is 75.0 Å². The van der Waals surface area contributed by atoms with Crippen molar-refractivity contribution in [3.8, 4) is 11.5 Å². The lowest BCUT2D eigenvalue weighted by molar-refractivity contribution is 0.0472. The lowest BCUT2D eigenvalue weighted by atomic mass is 10.2. The minimum Gasteiger partial charge on any atom is -0.486 e. The van der Waals surface area contributed by atoms with E-state index in [9.17, 15) is 4.79 Å². The highest BCUT2D eigenvalue weighted by Crippen LogP contribution is 2.35. The van der Waals surface area contributed by atoms with Crippen LogP contribution in [0.4, 0.5) is 0 Å². The van der Waals surface area contributed by atoms with E-state index in [4.69, 9.17) is 14.2 Å². The summed E-state index contributed by atoms with van der Waals surface area (Å²) in [5, 5.41) is 4.27. The van der Waals surface area contributed by atoms with Crippen LogP contribution in [0.5, 0.6) is 11.5 Å². The second-order valence-corrected chi connectivity index (χ2v) is 6.37. The zero-order valence-electron chi connectivity index (χ0n) is 13.4. The molecule has 1 aliphatic heterocycles. The van der Waals surface area contributed by atoms with Crippen molar-refractivity contribution in [3.63, 3.8) is 0 Å². The number of halogens is 1. The van der Waals surface area contributed by atoms with Gasteiger partial charge in [0.15, 0.2) is 17.1 Å². The van der Waals surface area contributed by atoms with Gasteiger partial charge in [-0.25, -0.2) is 14.3 Å². The van der Waals surface area contributed by atoms with Gasteiger partial charge in [0, 0.05) is 22.4 Å². The zero-order chi connectivity index (χ0) is 17.4. The molecule has 3 heterocycles. The SMILES string of the molecule is Cc1nn2cccnc2c1C(=O)OCc1cc2c(cc1Br)OCCO2. The molecule has 0 amide bonds. The molecule has 0 spiro atoms. The molecule has 0 atom stereocenters. The van der Waals surface area contributed by atoms with Gasteiger partial charge in [-0.2, -0.15) is 5.10 Å². The summed E-state index contributed by atoms with van der Waals surface area (Å²) in [4.78, 5) is 16.7. The molecule has 8 heteroatoms. The van der Waals surface area contributed by atoms with Crippen molar-refractivity contribution in [2.45, 2.75) is 13.5 Å². The molecule has 128 valence electrons. The van der Waals surface area contributed by atoms with E-state index < -0.39 is 5.97 Å². The van der Waals surface area contributed by atoms with Gasteiger partial charge in [-0.3, -0.25) is 0 Å². The highest BCUT2D eigenvalue weighted by atomic mass is 79.9. The van der Waals surface area contributed by atoms with Gasteiger partial charge in [-0.05, 0) is 25.1 Å². The molecule has 0 aliphatic carbocycles. The quantitative estimate of drug-likeness (QED) is 0.625. The molecule has 0 unspecified atom stereocenters. The molecule has 0 fully saturated rings. The number of benzene rings is 1. The van der Waals surface area contributed by atoms with Crippen molar-refractivity contribution in [1.82, 2.24) is 14.6 Å². The van der Waals surface area contributed by atoms with E-state index in [-0.39, 0.29) is 6.61 Å². The Bertz CT molecular complexity index is 970. The maximum Gasteiger partial charge on any atom is 0.344 e. The number of rotatable bonds is 3. The fourth-order valence-electron chi connectivity index (χ4n) is 2.67. The maximum absolute atomic E-state index is 12.5. The van der Waals surface area contributed by atoms with Crippen molar-refractivity contribution in [3.05, 3.63) is 51.9 Å². The van der Waals surface area contributed by atoms with Crippen LogP contribution in [0.15, 0.2) is 35.1 Å². The number of fused-ring (bicyclic) bond motifs is 2. The summed E-state index contributed by atoms with van der Waals surface area (Å²) in [6.07, 6.45) is 3.36. The summed E-state index contributed by atoms with van der Waals surface area (Å²) in [6, 6.07) is 5.38. The van der Waals surface area contributed by atoms with Crippen LogP contribution in [0.25, 0.3) is 5.65 Å². The molecule has 3 aromatic rings. The summed E-state index contributed by atoms with van der Waals surface area (Å²) in [7, 11) is 0. The molecule has 25 heavy (non-hydrogen) atoms. The van der Waals surface area contributed by atoms with Crippen LogP contribution < -0.4 is 9.47 Å². The second-order valence-electron chi connectivity index (χ2n) is 5.51. The monoisotopic (exact) mass is 403 g/mol. The summed E-state index contributed by atoms with van der Waals surface area (Å²) in [5.41, 5.74) is 2.21. The predicted molar refractivity (Wildman–Crippen MR) is 92.0 cm³/mol. The van der Waals surface area contributed by atoms with Crippen LogP contribution in [-0.2, 0) is 11.3 Å². The van der Waals surface area contributed by atoms with E-state index in [1.807, 2.05) is 12.1 Å². The smallest absolute Gasteiger partial charge is 0.344 e. The van der Waals surface area contributed by atoms with Gasteiger partial charge in [-0.15, -0.1) is 0 Å². The highest BCUT2D eigenvalue weighted by molar-refractivity contribution is 9.10. The Labute approximate surface area is 151 Å². The van der Waals surface area contributed by atoms with Crippen molar-refractivity contribution in [2.75, 3.05) is 13.2 Å². The predicted octanol–water partition coefficient (Wildman–Crippen LogP) is 2.93. The molecule has 0 N–H and O–H groups in total. The Morgan fingerprint density at radius 1 is 1.32 bits per heavy atom. The fraction of sp³-hybridized carbons (Fsp3) is 0.235. The summed E-state index contributed by atoms with van der Waals surface area (Å²) in [5.74, 6) is 0.859. The molecule has 1 aliphatic rings. The molecule has 0 saturated carbocycles. The van der Waals surface area contributed by atoms with Gasteiger partial charge in [0.05, 0.1) is 5.69 Å². The minimum absolute atomic E-state index is 0.0969. The minimum atomic E-state index is -0.465. The number of hydrogen-bond donors (Lipinski definition) is 0. The first-order valence-electron chi connectivity index (χ1n) is 7.68. The van der Waals surface area contributed by atoms with Crippen LogP contribution in [-0.4, -0.2) is 33.8 Å². The fourth-order valence-corrected chi connectivity index (χ4v) is 3.10. The van der Waals surface area contributed by atoms with E-state index in [0.29, 0.717) is 41.6 Å². The third kappa shape index (κ3) is 2.93. The lowest BCUT2D eigenvalue weighted by Crippen LogP contribution is -2.16. The summed E-state index contributed by atoms with van der Waals surface area (Å²) in [6.45, 7) is 2.88. The lowest BCUT2D eigenvalue weighted by Gasteiger charge is -2.19. The largest absolute Gasteiger partial charge is 0.486 e. The number of nitrogens with zero attached hydrogens (tertiary/aromatic N) is 3. The first-order valence-corrected chi connectivity index (χ1v) is 8.48. The second kappa shape index (κ2) is 6.36. The molecule has 0 radical (unpaired) electrons. The Morgan fingerprint density at radius 2 is 2.08 bits per heavy atom. The number of ether oxygens (including phenoxy) is 3. The average molecular weight is 404 g/mol. The Kier molecular flexibility index (Phi) is 4.04. The molecule has 2 aromatic heterocycles. The maximum atomic E-state index is 12.5. The molecular formula is C17H14BrN3O4. The van der Waals surface area contributed by atoms with Crippen LogP contribution in [0.3, 0.4) is 0 Å². The number of esters is 1. The van der Waals surface area contributed by atoms with Crippen LogP contribution in [0, 0.1) is 6.92 Å². The Morgan fingerprint density at radius 3 is 2.88 bits per heavy atom.